The summed E-state index contributed by atoms with van der Waals surface area (Å²) in [7, 11) is 0. The van der Waals surface area contributed by atoms with Gasteiger partial charge in [-0.15, -0.1) is 0 Å². The van der Waals surface area contributed by atoms with Crippen LogP contribution in [0.25, 0.3) is 0 Å². The summed E-state index contributed by atoms with van der Waals surface area (Å²) in [6.07, 6.45) is 0.839. The molecule has 2 N–H and O–H groups in total. The maximum atomic E-state index is 12.3. The summed E-state index contributed by atoms with van der Waals surface area (Å²) < 4.78 is 0. The van der Waals surface area contributed by atoms with Gasteiger partial charge in [0.05, 0.1) is 6.04 Å². The van der Waals surface area contributed by atoms with Gasteiger partial charge < -0.3 is 10.6 Å². The molecule has 0 heterocycles. The lowest BCUT2D eigenvalue weighted by atomic mass is 10.1. The van der Waals surface area contributed by atoms with E-state index in [0.29, 0.717) is 13.1 Å². The van der Waals surface area contributed by atoms with E-state index in [4.69, 9.17) is 5.73 Å². The number of amides is 1. The van der Waals surface area contributed by atoms with E-state index >= 15 is 0 Å². The highest BCUT2D eigenvalue weighted by Gasteiger charge is 2.17. The second-order valence-corrected chi connectivity index (χ2v) is 5.27. The molecule has 0 aliphatic carbocycles. The third-order valence-corrected chi connectivity index (χ3v) is 3.43. The molecular weight excluding hydrogens is 260 g/mol. The Morgan fingerprint density at radius 3 is 2.05 bits per heavy atom. The highest BCUT2D eigenvalue weighted by molar-refractivity contribution is 5.81. The quantitative estimate of drug-likeness (QED) is 0.885. The molecule has 1 amide bonds. The van der Waals surface area contributed by atoms with Gasteiger partial charge >= 0.3 is 0 Å². The molecule has 2 rings (SSSR count). The van der Waals surface area contributed by atoms with Crippen LogP contribution < -0.4 is 5.73 Å². The molecule has 110 valence electrons. The van der Waals surface area contributed by atoms with Crippen LogP contribution in [0.2, 0.25) is 0 Å². The maximum Gasteiger partial charge on any atom is 0.239 e. The van der Waals surface area contributed by atoms with E-state index in [-0.39, 0.29) is 5.91 Å². The number of nitrogens with two attached hydrogens (primary N) is 1. The van der Waals surface area contributed by atoms with Crippen LogP contribution in [0, 0.1) is 0 Å². The van der Waals surface area contributed by atoms with Crippen molar-refractivity contribution in [3.63, 3.8) is 0 Å². The number of carbonyl (C=O) groups excluding carboxylic acids is 1. The van der Waals surface area contributed by atoms with Crippen LogP contribution in [0.4, 0.5) is 0 Å². The standard InChI is InChI=1S/C18H22N2O/c1-15(19)18(21)20(14-17-10-6-3-7-11-17)13-12-16-8-4-2-5-9-16/h2-11,15H,12-14,19H2,1H3/t15-/m1/s1. The van der Waals surface area contributed by atoms with E-state index in [9.17, 15) is 4.79 Å². The van der Waals surface area contributed by atoms with Crippen LogP contribution in [0.15, 0.2) is 60.7 Å². The topological polar surface area (TPSA) is 46.3 Å². The monoisotopic (exact) mass is 282 g/mol. The second-order valence-electron chi connectivity index (χ2n) is 5.27. The van der Waals surface area contributed by atoms with Crippen molar-refractivity contribution in [3.05, 3.63) is 71.8 Å². The number of hydrogen-bond acceptors (Lipinski definition) is 2. The normalized spacial score (nSPS) is 11.9. The predicted octanol–water partition coefficient (Wildman–Crippen LogP) is 2.61. The first-order valence-electron chi connectivity index (χ1n) is 7.29. The van der Waals surface area contributed by atoms with Gasteiger partial charge in [0.15, 0.2) is 0 Å². The Labute approximate surface area is 126 Å². The highest BCUT2D eigenvalue weighted by Crippen LogP contribution is 2.08. The van der Waals surface area contributed by atoms with E-state index in [1.54, 1.807) is 6.92 Å². The van der Waals surface area contributed by atoms with Crippen molar-refractivity contribution in [1.82, 2.24) is 4.90 Å². The molecule has 0 unspecified atom stereocenters. The SMILES string of the molecule is C[C@@H](N)C(=O)N(CCc1ccccc1)Cc1ccccc1. The fraction of sp³-hybridized carbons (Fsp3) is 0.278. The van der Waals surface area contributed by atoms with E-state index < -0.39 is 6.04 Å². The molecule has 2 aromatic carbocycles. The Morgan fingerprint density at radius 2 is 1.52 bits per heavy atom. The largest absolute Gasteiger partial charge is 0.337 e. The van der Waals surface area contributed by atoms with Crippen LogP contribution in [0.3, 0.4) is 0 Å². The van der Waals surface area contributed by atoms with E-state index in [1.165, 1.54) is 5.56 Å². The van der Waals surface area contributed by atoms with Crippen molar-refractivity contribution >= 4 is 5.91 Å². The number of carbonyl (C=O) groups is 1. The zero-order valence-electron chi connectivity index (χ0n) is 12.4. The molecule has 0 spiro atoms. The summed E-state index contributed by atoms with van der Waals surface area (Å²) in [6, 6.07) is 19.7. The molecule has 21 heavy (non-hydrogen) atoms. The molecule has 0 aliphatic heterocycles. The molecule has 0 radical (unpaired) electrons. The first-order valence-corrected chi connectivity index (χ1v) is 7.29. The minimum Gasteiger partial charge on any atom is -0.337 e. The average Bonchev–Trinajstić information content (AvgIpc) is 2.52. The van der Waals surface area contributed by atoms with Crippen LogP contribution in [0.1, 0.15) is 18.1 Å². The van der Waals surface area contributed by atoms with Crippen molar-refractivity contribution in [3.8, 4) is 0 Å². The van der Waals surface area contributed by atoms with E-state index in [0.717, 1.165) is 12.0 Å². The van der Waals surface area contributed by atoms with Crippen LogP contribution in [-0.4, -0.2) is 23.4 Å². The zero-order valence-corrected chi connectivity index (χ0v) is 12.4. The summed E-state index contributed by atoms with van der Waals surface area (Å²) in [5.41, 5.74) is 8.12. The molecule has 0 aromatic heterocycles. The molecule has 0 saturated heterocycles. The Bertz CT molecular complexity index is 552. The summed E-state index contributed by atoms with van der Waals surface area (Å²) in [5, 5.41) is 0. The molecule has 0 fully saturated rings. The van der Waals surface area contributed by atoms with Crippen molar-refractivity contribution in [2.75, 3.05) is 6.54 Å². The molecular formula is C18H22N2O. The van der Waals surface area contributed by atoms with Crippen molar-refractivity contribution < 1.29 is 4.79 Å². The fourth-order valence-corrected chi connectivity index (χ4v) is 2.27. The first kappa shape index (κ1) is 15.3. The van der Waals surface area contributed by atoms with Crippen molar-refractivity contribution in [2.24, 2.45) is 5.73 Å². The number of rotatable bonds is 6. The van der Waals surface area contributed by atoms with Crippen LogP contribution in [0.5, 0.6) is 0 Å². The Morgan fingerprint density at radius 1 is 1.00 bits per heavy atom. The van der Waals surface area contributed by atoms with Crippen LogP contribution >= 0.6 is 0 Å². The highest BCUT2D eigenvalue weighted by atomic mass is 16.2. The number of hydrogen-bond donors (Lipinski definition) is 1. The summed E-state index contributed by atoms with van der Waals surface area (Å²) >= 11 is 0. The van der Waals surface area contributed by atoms with Crippen molar-refractivity contribution in [1.29, 1.82) is 0 Å². The van der Waals surface area contributed by atoms with Gasteiger partial charge in [-0.25, -0.2) is 0 Å². The van der Waals surface area contributed by atoms with Gasteiger partial charge in [-0.3, -0.25) is 4.79 Å². The molecule has 1 atom stereocenters. The minimum absolute atomic E-state index is 0.00483. The molecule has 0 aliphatic rings. The predicted molar refractivity (Wildman–Crippen MR) is 85.7 cm³/mol. The van der Waals surface area contributed by atoms with Gasteiger partial charge in [-0.1, -0.05) is 60.7 Å². The molecule has 0 saturated carbocycles. The lowest BCUT2D eigenvalue weighted by Crippen LogP contribution is -2.42. The van der Waals surface area contributed by atoms with Gasteiger partial charge in [0, 0.05) is 13.1 Å². The molecule has 0 bridgehead atoms. The lowest BCUT2D eigenvalue weighted by molar-refractivity contribution is -0.132. The molecule has 3 heteroatoms. The van der Waals surface area contributed by atoms with E-state index in [1.807, 2.05) is 53.4 Å². The van der Waals surface area contributed by atoms with Crippen LogP contribution in [-0.2, 0) is 17.8 Å². The van der Waals surface area contributed by atoms with Gasteiger partial charge in [-0.05, 0) is 24.5 Å². The Kier molecular flexibility index (Phi) is 5.52. The third-order valence-electron chi connectivity index (χ3n) is 3.43. The fourth-order valence-electron chi connectivity index (χ4n) is 2.27. The van der Waals surface area contributed by atoms with Gasteiger partial charge in [0.1, 0.15) is 0 Å². The zero-order chi connectivity index (χ0) is 15.1. The summed E-state index contributed by atoms with van der Waals surface area (Å²) in [6.45, 7) is 3.02. The first-order chi connectivity index (χ1) is 10.2. The summed E-state index contributed by atoms with van der Waals surface area (Å²) in [5.74, 6) is -0.00483. The maximum absolute atomic E-state index is 12.3. The molecule has 3 nitrogen and oxygen atoms in total. The van der Waals surface area contributed by atoms with Gasteiger partial charge in [0.25, 0.3) is 0 Å². The Hall–Kier alpha value is -2.13. The average molecular weight is 282 g/mol. The smallest absolute Gasteiger partial charge is 0.239 e. The van der Waals surface area contributed by atoms with Gasteiger partial charge in [0.2, 0.25) is 5.91 Å². The third kappa shape index (κ3) is 4.72. The Balaban J connectivity index is 2.04. The van der Waals surface area contributed by atoms with E-state index in [2.05, 4.69) is 12.1 Å². The summed E-state index contributed by atoms with van der Waals surface area (Å²) in [4.78, 5) is 14.1. The minimum atomic E-state index is -0.468. The lowest BCUT2D eigenvalue weighted by Gasteiger charge is -2.24. The van der Waals surface area contributed by atoms with Gasteiger partial charge in [-0.2, -0.15) is 0 Å². The van der Waals surface area contributed by atoms with Crippen molar-refractivity contribution in [2.45, 2.75) is 25.9 Å². The number of benzene rings is 2. The second kappa shape index (κ2) is 7.60. The molecule has 2 aromatic rings. The number of nitrogens with zero attached hydrogens (tertiary/aromatic N) is 1.